The van der Waals surface area contributed by atoms with Gasteiger partial charge in [0.05, 0.1) is 17.5 Å². The lowest BCUT2D eigenvalue weighted by Gasteiger charge is -2.30. The van der Waals surface area contributed by atoms with Crippen LogP contribution in [0.3, 0.4) is 0 Å². The number of nitrogens with two attached hydrogens (primary N) is 1. The van der Waals surface area contributed by atoms with E-state index >= 15 is 0 Å². The fourth-order valence-electron chi connectivity index (χ4n) is 2.64. The normalized spacial score (nSPS) is 13.1. The smallest absolute Gasteiger partial charge is 0.336 e. The van der Waals surface area contributed by atoms with Crippen LogP contribution < -0.4 is 11.2 Å². The Balaban J connectivity index is 2.49. The molecule has 2 aromatic carbocycles. The minimum absolute atomic E-state index is 0.0386. The van der Waals surface area contributed by atoms with Gasteiger partial charge in [0.1, 0.15) is 0 Å². The number of benzene rings is 2. The van der Waals surface area contributed by atoms with Gasteiger partial charge in [0.2, 0.25) is 5.91 Å². The molecule has 0 aromatic heterocycles. The molecule has 0 fully saturated rings. The molecule has 1 amide bonds. The maximum atomic E-state index is 11.7. The predicted molar refractivity (Wildman–Crippen MR) is 84.0 cm³/mol. The molecule has 5 N–H and O–H groups in total. The molecule has 6 heteroatoms. The van der Waals surface area contributed by atoms with E-state index in [1.165, 1.54) is 6.07 Å². The number of hydrogen-bond donors (Lipinski definition) is 4. The molecule has 0 aliphatic rings. The van der Waals surface area contributed by atoms with Crippen LogP contribution >= 0.6 is 0 Å². The number of amides is 1. The van der Waals surface area contributed by atoms with Gasteiger partial charge in [-0.05, 0) is 23.6 Å². The zero-order valence-corrected chi connectivity index (χ0v) is 12.4. The fraction of sp³-hybridized carbons (Fsp3) is 0.176. The first-order chi connectivity index (χ1) is 11.0. The number of aromatic carboxylic acids is 1. The molecule has 0 heterocycles. The molecule has 2 aromatic rings. The van der Waals surface area contributed by atoms with E-state index in [2.05, 4.69) is 0 Å². The summed E-state index contributed by atoms with van der Waals surface area (Å²) in [6.45, 7) is 0. The van der Waals surface area contributed by atoms with Gasteiger partial charge in [-0.2, -0.15) is 0 Å². The van der Waals surface area contributed by atoms with Crippen molar-refractivity contribution in [3.05, 3.63) is 71.3 Å². The first-order valence-electron chi connectivity index (χ1n) is 7.05. The lowest BCUT2D eigenvalue weighted by atomic mass is 9.79. The van der Waals surface area contributed by atoms with Crippen molar-refractivity contribution in [1.82, 2.24) is 5.48 Å². The maximum Gasteiger partial charge on any atom is 0.336 e. The third-order valence-corrected chi connectivity index (χ3v) is 3.66. The van der Waals surface area contributed by atoms with Gasteiger partial charge in [-0.15, -0.1) is 0 Å². The highest BCUT2D eigenvalue weighted by atomic mass is 16.5. The van der Waals surface area contributed by atoms with Gasteiger partial charge in [-0.3, -0.25) is 10.0 Å². The third kappa shape index (κ3) is 3.94. The second kappa shape index (κ2) is 7.04. The molecule has 1 atom stereocenters. The molecule has 0 bridgehead atoms. The van der Waals surface area contributed by atoms with E-state index in [9.17, 15) is 14.7 Å². The molecule has 0 saturated heterocycles. The van der Waals surface area contributed by atoms with E-state index in [0.717, 1.165) is 5.56 Å². The predicted octanol–water partition coefficient (Wildman–Crippen LogP) is 1.68. The molecule has 1 unspecified atom stereocenters. The van der Waals surface area contributed by atoms with E-state index in [4.69, 9.17) is 10.9 Å². The topological polar surface area (TPSA) is 113 Å². The molecule has 0 saturated carbocycles. The Kier molecular flexibility index (Phi) is 5.10. The van der Waals surface area contributed by atoms with E-state index in [-0.39, 0.29) is 18.4 Å². The number of carboxylic acid groups (broad SMARTS) is 1. The van der Waals surface area contributed by atoms with Crippen molar-refractivity contribution in [3.63, 3.8) is 0 Å². The molecule has 23 heavy (non-hydrogen) atoms. The Labute approximate surface area is 133 Å². The van der Waals surface area contributed by atoms with Crippen LogP contribution in [0.4, 0.5) is 0 Å². The minimum atomic E-state index is -1.26. The standard InChI is InChI=1S/C17H18N2O4/c18-17(11-15(20)19-23,10-12-6-2-1-3-7-12)14-9-5-4-8-13(14)16(21)22/h1-9,23H,10-11,18H2,(H,19,20)(H,21,22). The number of nitrogens with one attached hydrogen (secondary N) is 1. The van der Waals surface area contributed by atoms with E-state index in [0.29, 0.717) is 5.56 Å². The zero-order valence-electron chi connectivity index (χ0n) is 12.4. The number of rotatable bonds is 6. The maximum absolute atomic E-state index is 11.7. The van der Waals surface area contributed by atoms with E-state index in [1.807, 2.05) is 30.3 Å². The number of carbonyl (C=O) groups is 2. The lowest BCUT2D eigenvalue weighted by Crippen LogP contribution is -2.44. The summed E-state index contributed by atoms with van der Waals surface area (Å²) in [5, 5.41) is 18.2. The molecule has 0 aliphatic carbocycles. The Hall–Kier alpha value is -2.70. The summed E-state index contributed by atoms with van der Waals surface area (Å²) in [6.07, 6.45) is 0.00818. The Morgan fingerprint density at radius 3 is 2.26 bits per heavy atom. The third-order valence-electron chi connectivity index (χ3n) is 3.66. The molecule has 0 aliphatic heterocycles. The molecule has 6 nitrogen and oxygen atoms in total. The van der Waals surface area contributed by atoms with Crippen molar-refractivity contribution < 1.29 is 19.9 Å². The van der Waals surface area contributed by atoms with E-state index < -0.39 is 17.4 Å². The highest BCUT2D eigenvalue weighted by molar-refractivity contribution is 5.90. The average Bonchev–Trinajstić information content (AvgIpc) is 2.55. The molecule has 0 radical (unpaired) electrons. The molecular weight excluding hydrogens is 296 g/mol. The largest absolute Gasteiger partial charge is 0.478 e. The zero-order chi connectivity index (χ0) is 16.9. The van der Waals surface area contributed by atoms with Crippen molar-refractivity contribution in [2.45, 2.75) is 18.4 Å². The van der Waals surface area contributed by atoms with Crippen molar-refractivity contribution in [2.24, 2.45) is 5.73 Å². The summed E-state index contributed by atoms with van der Waals surface area (Å²) in [5.74, 6) is -1.79. The SMILES string of the molecule is NC(CC(=O)NO)(Cc1ccccc1)c1ccccc1C(=O)O. The molecule has 2 rings (SSSR count). The number of hydrogen-bond acceptors (Lipinski definition) is 4. The van der Waals surface area contributed by atoms with Crippen molar-refractivity contribution in [2.75, 3.05) is 0 Å². The van der Waals surface area contributed by atoms with Gasteiger partial charge in [0.15, 0.2) is 0 Å². The van der Waals surface area contributed by atoms with Gasteiger partial charge >= 0.3 is 5.97 Å². The monoisotopic (exact) mass is 314 g/mol. The van der Waals surface area contributed by atoms with Gasteiger partial charge in [-0.1, -0.05) is 48.5 Å². The highest BCUT2D eigenvalue weighted by Gasteiger charge is 2.34. The molecular formula is C17H18N2O4. The summed E-state index contributed by atoms with van der Waals surface area (Å²) in [6, 6.07) is 15.5. The lowest BCUT2D eigenvalue weighted by molar-refractivity contribution is -0.130. The minimum Gasteiger partial charge on any atom is -0.478 e. The van der Waals surface area contributed by atoms with Crippen LogP contribution in [0.1, 0.15) is 27.9 Å². The summed E-state index contributed by atoms with van der Waals surface area (Å²) in [5.41, 5.74) is 7.98. The van der Waals surface area contributed by atoms with Crippen LogP contribution in [0.2, 0.25) is 0 Å². The summed E-state index contributed by atoms with van der Waals surface area (Å²) < 4.78 is 0. The van der Waals surface area contributed by atoms with Crippen LogP contribution in [0.25, 0.3) is 0 Å². The summed E-state index contributed by atoms with van der Waals surface area (Å²) in [7, 11) is 0. The van der Waals surface area contributed by atoms with Gasteiger partial charge in [0, 0.05) is 0 Å². The second-order valence-electron chi connectivity index (χ2n) is 5.38. The van der Waals surface area contributed by atoms with E-state index in [1.54, 1.807) is 23.7 Å². The number of hydroxylamine groups is 1. The summed E-state index contributed by atoms with van der Waals surface area (Å²) in [4.78, 5) is 23.2. The second-order valence-corrected chi connectivity index (χ2v) is 5.38. The first kappa shape index (κ1) is 16.7. The van der Waals surface area contributed by atoms with Crippen molar-refractivity contribution in [1.29, 1.82) is 0 Å². The first-order valence-corrected chi connectivity index (χ1v) is 7.05. The van der Waals surface area contributed by atoms with Crippen LogP contribution in [-0.2, 0) is 16.8 Å². The summed E-state index contributed by atoms with van der Waals surface area (Å²) >= 11 is 0. The van der Waals surface area contributed by atoms with Crippen LogP contribution in [0.15, 0.2) is 54.6 Å². The Morgan fingerprint density at radius 2 is 1.65 bits per heavy atom. The van der Waals surface area contributed by atoms with Crippen LogP contribution in [0, 0.1) is 0 Å². The fourth-order valence-corrected chi connectivity index (χ4v) is 2.64. The van der Waals surface area contributed by atoms with Gasteiger partial charge in [0.25, 0.3) is 0 Å². The van der Waals surface area contributed by atoms with Gasteiger partial charge in [-0.25, -0.2) is 10.3 Å². The van der Waals surface area contributed by atoms with Crippen molar-refractivity contribution in [3.8, 4) is 0 Å². The Morgan fingerprint density at radius 1 is 1.04 bits per heavy atom. The van der Waals surface area contributed by atoms with Gasteiger partial charge < -0.3 is 10.8 Å². The van der Waals surface area contributed by atoms with Crippen LogP contribution in [0.5, 0.6) is 0 Å². The number of carboxylic acids is 1. The number of carbonyl (C=O) groups excluding carboxylic acids is 1. The average molecular weight is 314 g/mol. The van der Waals surface area contributed by atoms with Crippen molar-refractivity contribution >= 4 is 11.9 Å². The van der Waals surface area contributed by atoms with Crippen LogP contribution in [-0.4, -0.2) is 22.2 Å². The molecule has 120 valence electrons. The molecule has 0 spiro atoms. The quantitative estimate of drug-likeness (QED) is 0.478. The highest BCUT2D eigenvalue weighted by Crippen LogP contribution is 2.29. The Bertz CT molecular complexity index is 703.